The molecule has 1 rings (SSSR count). The third kappa shape index (κ3) is 2.00. The molecule has 65 valence electrons. The van der Waals surface area contributed by atoms with Crippen molar-refractivity contribution in [2.75, 3.05) is 0 Å². The zero-order valence-electron chi connectivity index (χ0n) is 7.51. The predicted octanol–water partition coefficient (Wildman–Crippen LogP) is 2.92. The molecule has 12 heavy (non-hydrogen) atoms. The summed E-state index contributed by atoms with van der Waals surface area (Å²) >= 11 is 0. The summed E-state index contributed by atoms with van der Waals surface area (Å²) in [6, 6.07) is 5.72. The molecule has 0 heterocycles. The van der Waals surface area contributed by atoms with Gasteiger partial charge in [-0.25, -0.2) is 0 Å². The molecule has 0 aliphatic rings. The fourth-order valence-electron chi connectivity index (χ4n) is 1.21. The van der Waals surface area contributed by atoms with Gasteiger partial charge in [-0.2, -0.15) is 0 Å². The summed E-state index contributed by atoms with van der Waals surface area (Å²) in [7, 11) is 0. The quantitative estimate of drug-likeness (QED) is 0.726. The van der Waals surface area contributed by atoms with E-state index in [-0.39, 0.29) is 0 Å². The Labute approximate surface area is 74.1 Å². The molecular formula is C11H15O. The summed E-state index contributed by atoms with van der Waals surface area (Å²) in [5.74, 6) is 0.367. The maximum Gasteiger partial charge on any atom is 0.121 e. The summed E-state index contributed by atoms with van der Waals surface area (Å²) in [4.78, 5) is 0. The van der Waals surface area contributed by atoms with Crippen LogP contribution in [-0.4, -0.2) is 5.11 Å². The minimum absolute atomic E-state index is 0.367. The van der Waals surface area contributed by atoms with Crippen LogP contribution < -0.4 is 0 Å². The number of phenols is 1. The molecule has 0 fully saturated rings. The first-order chi connectivity index (χ1) is 5.75. The second-order valence-electron chi connectivity index (χ2n) is 3.03. The van der Waals surface area contributed by atoms with E-state index in [1.165, 1.54) is 0 Å². The van der Waals surface area contributed by atoms with Crippen LogP contribution in [0.15, 0.2) is 18.2 Å². The maximum atomic E-state index is 9.56. The average Bonchev–Trinajstić information content (AvgIpc) is 2.08. The third-order valence-electron chi connectivity index (χ3n) is 2.00. The molecule has 0 amide bonds. The number of rotatable bonds is 3. The lowest BCUT2D eigenvalue weighted by molar-refractivity contribution is 0.464. The molecule has 0 aromatic heterocycles. The number of benzene rings is 1. The van der Waals surface area contributed by atoms with Crippen molar-refractivity contribution < 1.29 is 5.11 Å². The minimum atomic E-state index is 0.367. The molecular weight excluding hydrogens is 148 g/mol. The van der Waals surface area contributed by atoms with Crippen LogP contribution in [0.4, 0.5) is 0 Å². The van der Waals surface area contributed by atoms with Gasteiger partial charge in [0.15, 0.2) is 0 Å². The molecule has 0 unspecified atom stereocenters. The minimum Gasteiger partial charge on any atom is -0.507 e. The molecule has 1 aromatic rings. The van der Waals surface area contributed by atoms with Gasteiger partial charge in [-0.05, 0) is 30.9 Å². The van der Waals surface area contributed by atoms with Gasteiger partial charge in [-0.1, -0.05) is 31.5 Å². The van der Waals surface area contributed by atoms with Gasteiger partial charge in [-0.3, -0.25) is 0 Å². The second kappa shape index (κ2) is 4.15. The van der Waals surface area contributed by atoms with E-state index in [2.05, 4.69) is 13.8 Å². The van der Waals surface area contributed by atoms with E-state index in [1.54, 1.807) is 0 Å². The molecule has 0 saturated carbocycles. The Morgan fingerprint density at radius 3 is 2.83 bits per heavy atom. The fourth-order valence-corrected chi connectivity index (χ4v) is 1.21. The average molecular weight is 163 g/mol. The first-order valence-corrected chi connectivity index (χ1v) is 4.38. The van der Waals surface area contributed by atoms with Crippen LogP contribution in [0.5, 0.6) is 5.75 Å². The third-order valence-corrected chi connectivity index (χ3v) is 2.00. The molecule has 0 atom stereocenters. The van der Waals surface area contributed by atoms with Crippen molar-refractivity contribution in [3.63, 3.8) is 0 Å². The highest BCUT2D eigenvalue weighted by Crippen LogP contribution is 2.22. The van der Waals surface area contributed by atoms with Crippen LogP contribution in [0.2, 0.25) is 0 Å². The number of para-hydroxylation sites is 1. The summed E-state index contributed by atoms with van der Waals surface area (Å²) in [5.41, 5.74) is 1.74. The smallest absolute Gasteiger partial charge is 0.121 e. The molecule has 0 spiro atoms. The van der Waals surface area contributed by atoms with Gasteiger partial charge < -0.3 is 5.11 Å². The van der Waals surface area contributed by atoms with Gasteiger partial charge in [0.2, 0.25) is 0 Å². The van der Waals surface area contributed by atoms with Crippen molar-refractivity contribution in [1.82, 2.24) is 0 Å². The monoisotopic (exact) mass is 163 g/mol. The van der Waals surface area contributed by atoms with Gasteiger partial charge in [0.25, 0.3) is 0 Å². The lowest BCUT2D eigenvalue weighted by Gasteiger charge is -2.05. The lowest BCUT2D eigenvalue weighted by atomic mass is 10.0. The van der Waals surface area contributed by atoms with Crippen molar-refractivity contribution in [2.24, 2.45) is 0 Å². The van der Waals surface area contributed by atoms with Crippen LogP contribution in [0.25, 0.3) is 0 Å². The summed E-state index contributed by atoms with van der Waals surface area (Å²) < 4.78 is 0. The number of aryl methyl sites for hydroxylation is 1. The first-order valence-electron chi connectivity index (χ1n) is 4.38. The van der Waals surface area contributed by atoms with Gasteiger partial charge in [0.1, 0.15) is 5.75 Å². The van der Waals surface area contributed by atoms with E-state index in [0.29, 0.717) is 5.75 Å². The van der Waals surface area contributed by atoms with E-state index in [1.807, 2.05) is 18.2 Å². The fraction of sp³-hybridized carbons (Fsp3) is 0.364. The van der Waals surface area contributed by atoms with Crippen LogP contribution in [0, 0.1) is 6.92 Å². The number of aromatic hydroxyl groups is 1. The summed E-state index contributed by atoms with van der Waals surface area (Å²) in [6.45, 7) is 5.88. The molecule has 1 heteroatoms. The Bertz CT molecular complexity index is 253. The largest absolute Gasteiger partial charge is 0.507 e. The molecule has 1 nitrogen and oxygen atoms in total. The van der Waals surface area contributed by atoms with E-state index >= 15 is 0 Å². The Hall–Kier alpha value is -0.980. The molecule has 1 radical (unpaired) electrons. The Morgan fingerprint density at radius 2 is 2.17 bits per heavy atom. The Balaban J connectivity index is 2.78. The summed E-state index contributed by atoms with van der Waals surface area (Å²) in [5, 5.41) is 9.56. The zero-order chi connectivity index (χ0) is 8.97. The van der Waals surface area contributed by atoms with Gasteiger partial charge in [0.05, 0.1) is 0 Å². The molecule has 1 N–H and O–H groups in total. The van der Waals surface area contributed by atoms with Crippen LogP contribution in [0.3, 0.4) is 0 Å². The normalized spacial score (nSPS) is 10.2. The van der Waals surface area contributed by atoms with Crippen molar-refractivity contribution in [2.45, 2.75) is 26.2 Å². The topological polar surface area (TPSA) is 20.2 Å². The first kappa shape index (κ1) is 9.11. The van der Waals surface area contributed by atoms with Crippen molar-refractivity contribution >= 4 is 0 Å². The van der Waals surface area contributed by atoms with Crippen LogP contribution >= 0.6 is 0 Å². The number of hydrogen-bond donors (Lipinski definition) is 1. The SMILES string of the molecule is [CH2]c1cccc(CCCC)c1O. The number of hydrogen-bond acceptors (Lipinski definition) is 1. The number of phenolic OH excluding ortho intramolecular Hbond substituents is 1. The molecule has 0 saturated heterocycles. The predicted molar refractivity (Wildman–Crippen MR) is 51.2 cm³/mol. The van der Waals surface area contributed by atoms with Gasteiger partial charge >= 0.3 is 0 Å². The standard InChI is InChI=1S/C11H15O/c1-3-4-7-10-8-5-6-9(2)11(10)12/h5-6,8,12H,2-4,7H2,1H3. The van der Waals surface area contributed by atoms with Crippen molar-refractivity contribution in [3.05, 3.63) is 36.2 Å². The Kier molecular flexibility index (Phi) is 3.15. The number of unbranched alkanes of at least 4 members (excludes halogenated alkanes) is 1. The van der Waals surface area contributed by atoms with Gasteiger partial charge in [0, 0.05) is 0 Å². The maximum absolute atomic E-state index is 9.56. The molecule has 0 aliphatic carbocycles. The van der Waals surface area contributed by atoms with E-state index in [9.17, 15) is 5.11 Å². The Morgan fingerprint density at radius 1 is 1.42 bits per heavy atom. The van der Waals surface area contributed by atoms with E-state index in [4.69, 9.17) is 0 Å². The van der Waals surface area contributed by atoms with Crippen molar-refractivity contribution in [3.8, 4) is 5.75 Å². The molecule has 0 bridgehead atoms. The van der Waals surface area contributed by atoms with Crippen LogP contribution in [0.1, 0.15) is 30.9 Å². The zero-order valence-corrected chi connectivity index (χ0v) is 7.51. The van der Waals surface area contributed by atoms with Crippen molar-refractivity contribution in [1.29, 1.82) is 0 Å². The lowest BCUT2D eigenvalue weighted by Crippen LogP contribution is -1.87. The highest BCUT2D eigenvalue weighted by molar-refractivity contribution is 5.41. The van der Waals surface area contributed by atoms with Gasteiger partial charge in [-0.15, -0.1) is 0 Å². The van der Waals surface area contributed by atoms with E-state index < -0.39 is 0 Å². The highest BCUT2D eigenvalue weighted by Gasteiger charge is 2.01. The molecule has 0 aliphatic heterocycles. The second-order valence-corrected chi connectivity index (χ2v) is 3.03. The van der Waals surface area contributed by atoms with E-state index in [0.717, 1.165) is 30.4 Å². The van der Waals surface area contributed by atoms with Crippen LogP contribution in [-0.2, 0) is 6.42 Å². The summed E-state index contributed by atoms with van der Waals surface area (Å²) in [6.07, 6.45) is 3.23. The highest BCUT2D eigenvalue weighted by atomic mass is 16.3. The molecule has 1 aromatic carbocycles.